The first-order valence-corrected chi connectivity index (χ1v) is 6.82. The van der Waals surface area contributed by atoms with E-state index in [2.05, 4.69) is 15.9 Å². The molecule has 0 aliphatic carbocycles. The Morgan fingerprint density at radius 3 is 2.68 bits per heavy atom. The van der Waals surface area contributed by atoms with Crippen molar-refractivity contribution in [1.29, 1.82) is 0 Å². The van der Waals surface area contributed by atoms with Gasteiger partial charge in [0.1, 0.15) is 17.3 Å². The summed E-state index contributed by atoms with van der Waals surface area (Å²) >= 11 is 3.41. The van der Waals surface area contributed by atoms with Gasteiger partial charge >= 0.3 is 0 Å². The number of rotatable bonds is 4. The highest BCUT2D eigenvalue weighted by Gasteiger charge is 2.08. The maximum Gasteiger partial charge on any atom is 0.133 e. The fourth-order valence-electron chi connectivity index (χ4n) is 1.79. The third kappa shape index (κ3) is 3.55. The van der Waals surface area contributed by atoms with Gasteiger partial charge in [-0.15, -0.1) is 0 Å². The van der Waals surface area contributed by atoms with Gasteiger partial charge in [0.2, 0.25) is 0 Å². The maximum absolute atomic E-state index is 13.3. The predicted molar refractivity (Wildman–Crippen MR) is 78.1 cm³/mol. The average Bonchev–Trinajstić information content (AvgIpc) is 2.37. The van der Waals surface area contributed by atoms with E-state index >= 15 is 0 Å². The van der Waals surface area contributed by atoms with Crippen LogP contribution in [-0.2, 0) is 6.42 Å². The molecule has 2 N–H and O–H groups in total. The van der Waals surface area contributed by atoms with E-state index in [0.717, 1.165) is 22.0 Å². The van der Waals surface area contributed by atoms with Gasteiger partial charge in [0.25, 0.3) is 0 Å². The summed E-state index contributed by atoms with van der Waals surface area (Å²) in [6, 6.07) is 10.3. The van der Waals surface area contributed by atoms with Gasteiger partial charge in [-0.2, -0.15) is 0 Å². The Morgan fingerprint density at radius 1 is 1.16 bits per heavy atom. The molecule has 100 valence electrons. The first kappa shape index (κ1) is 14.0. The van der Waals surface area contributed by atoms with E-state index in [1.807, 2.05) is 25.1 Å². The Kier molecular flexibility index (Phi) is 4.56. The van der Waals surface area contributed by atoms with E-state index < -0.39 is 0 Å². The Balaban J connectivity index is 2.36. The Morgan fingerprint density at radius 2 is 1.95 bits per heavy atom. The summed E-state index contributed by atoms with van der Waals surface area (Å²) in [5.74, 6) is 0.917. The molecule has 0 radical (unpaired) electrons. The zero-order valence-electron chi connectivity index (χ0n) is 10.6. The third-order valence-electron chi connectivity index (χ3n) is 2.81. The first-order valence-electron chi connectivity index (χ1n) is 6.02. The molecule has 0 fully saturated rings. The average molecular weight is 324 g/mol. The van der Waals surface area contributed by atoms with Gasteiger partial charge < -0.3 is 10.5 Å². The minimum absolute atomic E-state index is 0.309. The number of aryl methyl sites for hydroxylation is 1. The molecule has 2 rings (SSSR count). The molecule has 4 heteroatoms. The second-order valence-corrected chi connectivity index (χ2v) is 5.22. The van der Waals surface area contributed by atoms with Crippen LogP contribution in [0.15, 0.2) is 40.9 Å². The second kappa shape index (κ2) is 6.17. The zero-order chi connectivity index (χ0) is 13.8. The normalized spacial score (nSPS) is 10.5. The van der Waals surface area contributed by atoms with Crippen molar-refractivity contribution in [3.63, 3.8) is 0 Å². The predicted octanol–water partition coefficient (Wildman–Crippen LogP) is 4.19. The summed E-state index contributed by atoms with van der Waals surface area (Å²) in [6.07, 6.45) is 0.719. The number of halogens is 2. The Bertz CT molecular complexity index is 586. The fourth-order valence-corrected chi connectivity index (χ4v) is 2.13. The van der Waals surface area contributed by atoms with Gasteiger partial charge in [-0.3, -0.25) is 0 Å². The summed E-state index contributed by atoms with van der Waals surface area (Å²) < 4.78 is 20.0. The van der Waals surface area contributed by atoms with Crippen LogP contribution in [0.2, 0.25) is 0 Å². The summed E-state index contributed by atoms with van der Waals surface area (Å²) in [5, 5.41) is 0. The molecule has 2 nitrogen and oxygen atoms in total. The molecular weight excluding hydrogens is 309 g/mol. The van der Waals surface area contributed by atoms with Crippen LogP contribution in [0, 0.1) is 12.7 Å². The van der Waals surface area contributed by atoms with Crippen molar-refractivity contribution < 1.29 is 9.13 Å². The van der Waals surface area contributed by atoms with Gasteiger partial charge in [-0.05, 0) is 49.2 Å². The van der Waals surface area contributed by atoms with Crippen molar-refractivity contribution in [2.24, 2.45) is 5.73 Å². The van der Waals surface area contributed by atoms with Gasteiger partial charge in [-0.1, -0.05) is 28.1 Å². The van der Waals surface area contributed by atoms with Crippen LogP contribution in [0.3, 0.4) is 0 Å². The van der Waals surface area contributed by atoms with Crippen LogP contribution < -0.4 is 10.5 Å². The summed E-state index contributed by atoms with van der Waals surface area (Å²) in [7, 11) is 0. The standard InChI is InChI=1S/C15H15BrFNO/c1-10-2-5-13(17)9-14(10)19-15-8-12(16)4-3-11(15)6-7-18/h2-5,8-9H,6-7,18H2,1H3. The van der Waals surface area contributed by atoms with Crippen molar-refractivity contribution in [3.05, 3.63) is 57.8 Å². The minimum Gasteiger partial charge on any atom is -0.457 e. The number of ether oxygens (including phenoxy) is 1. The lowest BCUT2D eigenvalue weighted by atomic mass is 10.1. The molecule has 0 aliphatic rings. The highest BCUT2D eigenvalue weighted by molar-refractivity contribution is 9.10. The first-order chi connectivity index (χ1) is 9.10. The van der Waals surface area contributed by atoms with Crippen LogP contribution in [0.5, 0.6) is 11.5 Å². The van der Waals surface area contributed by atoms with E-state index in [1.165, 1.54) is 12.1 Å². The lowest BCUT2D eigenvalue weighted by molar-refractivity contribution is 0.466. The SMILES string of the molecule is Cc1ccc(F)cc1Oc1cc(Br)ccc1CCN. The summed E-state index contributed by atoms with van der Waals surface area (Å²) in [5.41, 5.74) is 7.49. The topological polar surface area (TPSA) is 35.2 Å². The van der Waals surface area contributed by atoms with Crippen LogP contribution in [0.1, 0.15) is 11.1 Å². The number of benzene rings is 2. The molecule has 0 bridgehead atoms. The van der Waals surface area contributed by atoms with Crippen molar-refractivity contribution in [1.82, 2.24) is 0 Å². The van der Waals surface area contributed by atoms with E-state index in [0.29, 0.717) is 18.0 Å². The van der Waals surface area contributed by atoms with Crippen molar-refractivity contribution in [2.45, 2.75) is 13.3 Å². The number of nitrogens with two attached hydrogens (primary N) is 1. The molecule has 2 aromatic rings. The molecule has 0 aromatic heterocycles. The zero-order valence-corrected chi connectivity index (χ0v) is 12.2. The lowest BCUT2D eigenvalue weighted by Gasteiger charge is -2.13. The molecule has 0 saturated carbocycles. The Hall–Kier alpha value is -1.39. The van der Waals surface area contributed by atoms with Gasteiger partial charge in [-0.25, -0.2) is 4.39 Å². The molecule has 0 aliphatic heterocycles. The summed E-state index contributed by atoms with van der Waals surface area (Å²) in [6.45, 7) is 2.43. The molecule has 0 atom stereocenters. The van der Waals surface area contributed by atoms with Gasteiger partial charge in [0.05, 0.1) is 0 Å². The van der Waals surface area contributed by atoms with Gasteiger partial charge in [0, 0.05) is 10.5 Å². The van der Waals surface area contributed by atoms with E-state index in [1.54, 1.807) is 6.07 Å². The van der Waals surface area contributed by atoms with Crippen LogP contribution in [0.4, 0.5) is 4.39 Å². The number of hydrogen-bond acceptors (Lipinski definition) is 2. The minimum atomic E-state index is -0.309. The molecule has 0 saturated heterocycles. The molecule has 19 heavy (non-hydrogen) atoms. The smallest absolute Gasteiger partial charge is 0.133 e. The quantitative estimate of drug-likeness (QED) is 0.915. The number of hydrogen-bond donors (Lipinski definition) is 1. The van der Waals surface area contributed by atoms with Crippen molar-refractivity contribution >= 4 is 15.9 Å². The monoisotopic (exact) mass is 323 g/mol. The van der Waals surface area contributed by atoms with Crippen LogP contribution in [-0.4, -0.2) is 6.54 Å². The molecular formula is C15H15BrFNO. The molecule has 0 unspecified atom stereocenters. The van der Waals surface area contributed by atoms with Gasteiger partial charge in [0.15, 0.2) is 0 Å². The van der Waals surface area contributed by atoms with E-state index in [4.69, 9.17) is 10.5 Å². The third-order valence-corrected chi connectivity index (χ3v) is 3.31. The van der Waals surface area contributed by atoms with Crippen molar-refractivity contribution in [2.75, 3.05) is 6.54 Å². The largest absolute Gasteiger partial charge is 0.457 e. The molecule has 0 heterocycles. The highest BCUT2D eigenvalue weighted by Crippen LogP contribution is 2.31. The molecule has 0 amide bonds. The molecule has 0 spiro atoms. The fraction of sp³-hybridized carbons (Fsp3) is 0.200. The lowest BCUT2D eigenvalue weighted by Crippen LogP contribution is -2.04. The molecule has 2 aromatic carbocycles. The second-order valence-electron chi connectivity index (χ2n) is 4.30. The van der Waals surface area contributed by atoms with Crippen LogP contribution in [0.25, 0.3) is 0 Å². The van der Waals surface area contributed by atoms with Crippen LogP contribution >= 0.6 is 15.9 Å². The van der Waals surface area contributed by atoms with Crippen molar-refractivity contribution in [3.8, 4) is 11.5 Å². The summed E-state index contributed by atoms with van der Waals surface area (Å²) in [4.78, 5) is 0. The maximum atomic E-state index is 13.3. The van der Waals surface area contributed by atoms with E-state index in [-0.39, 0.29) is 5.82 Å². The highest BCUT2D eigenvalue weighted by atomic mass is 79.9. The Labute approximate surface area is 120 Å². The van der Waals surface area contributed by atoms with E-state index in [9.17, 15) is 4.39 Å².